The first kappa shape index (κ1) is 16.0. The molecule has 0 heterocycles. The number of nitrogens with one attached hydrogen (secondary N) is 1. The molecule has 3 rings (SSSR count). The maximum absolute atomic E-state index is 12.7. The van der Waals surface area contributed by atoms with Crippen LogP contribution in [-0.2, 0) is 4.79 Å². The second-order valence-corrected chi connectivity index (χ2v) is 6.83. The Morgan fingerprint density at radius 3 is 2.09 bits per heavy atom. The number of hydrogen-bond donors (Lipinski definition) is 1. The fourth-order valence-electron chi connectivity index (χ4n) is 3.79. The standard InChI is InChI=1S/C21H27NO/c1-16-12-10-11-15-19(16)22-21(23)20-17-13-8-6-4-2-3-5-7-9-14-18(17)20/h4-7,10-12,15,17-18,20H,2-3,8-9,13-14H2,1H3,(H,22,23)/t17-,18+,20?. The Bertz CT molecular complexity index is 578. The molecule has 2 nitrogen and oxygen atoms in total. The number of fused-ring (bicyclic) bond motifs is 1. The van der Waals surface area contributed by atoms with Crippen LogP contribution < -0.4 is 5.32 Å². The molecule has 1 amide bonds. The molecule has 2 aliphatic rings. The van der Waals surface area contributed by atoms with Crippen LogP contribution in [0.4, 0.5) is 5.69 Å². The van der Waals surface area contributed by atoms with Gasteiger partial charge in [-0.2, -0.15) is 0 Å². The number of carbonyl (C=O) groups is 1. The van der Waals surface area contributed by atoms with Crippen molar-refractivity contribution in [3.63, 3.8) is 0 Å². The summed E-state index contributed by atoms with van der Waals surface area (Å²) in [5.41, 5.74) is 2.09. The van der Waals surface area contributed by atoms with Gasteiger partial charge in [-0.25, -0.2) is 0 Å². The third-order valence-corrected chi connectivity index (χ3v) is 5.20. The molecular weight excluding hydrogens is 282 g/mol. The van der Waals surface area contributed by atoms with Gasteiger partial charge in [-0.3, -0.25) is 4.79 Å². The SMILES string of the molecule is Cc1ccccc1NC(=O)C1[C@H]2CCC=CCCC=CCC[C@@H]12. The van der Waals surface area contributed by atoms with Crippen molar-refractivity contribution in [3.8, 4) is 0 Å². The van der Waals surface area contributed by atoms with E-state index >= 15 is 0 Å². The number of amides is 1. The first-order valence-corrected chi connectivity index (χ1v) is 8.94. The lowest BCUT2D eigenvalue weighted by Gasteiger charge is -2.08. The van der Waals surface area contributed by atoms with Crippen molar-refractivity contribution < 1.29 is 4.79 Å². The summed E-state index contributed by atoms with van der Waals surface area (Å²) in [5, 5.41) is 3.15. The van der Waals surface area contributed by atoms with Gasteiger partial charge in [0.2, 0.25) is 5.91 Å². The zero-order valence-corrected chi connectivity index (χ0v) is 14.0. The number of benzene rings is 1. The zero-order valence-electron chi connectivity index (χ0n) is 14.0. The van der Waals surface area contributed by atoms with Gasteiger partial charge in [0.25, 0.3) is 0 Å². The number of rotatable bonds is 2. The molecule has 0 radical (unpaired) electrons. The summed E-state index contributed by atoms with van der Waals surface area (Å²) >= 11 is 0. The van der Waals surface area contributed by atoms with Crippen LogP contribution in [-0.4, -0.2) is 5.91 Å². The summed E-state index contributed by atoms with van der Waals surface area (Å²) in [7, 11) is 0. The Hall–Kier alpha value is -1.83. The highest BCUT2D eigenvalue weighted by Gasteiger charge is 2.52. The molecule has 0 aromatic heterocycles. The lowest BCUT2D eigenvalue weighted by Crippen LogP contribution is -2.16. The van der Waals surface area contributed by atoms with Crippen LogP contribution in [0.5, 0.6) is 0 Å². The van der Waals surface area contributed by atoms with Gasteiger partial charge in [0.1, 0.15) is 0 Å². The van der Waals surface area contributed by atoms with Crippen LogP contribution in [0.25, 0.3) is 0 Å². The molecule has 1 aromatic rings. The normalized spacial score (nSPS) is 27.4. The molecule has 1 N–H and O–H groups in total. The van der Waals surface area contributed by atoms with Crippen molar-refractivity contribution in [2.75, 3.05) is 5.32 Å². The summed E-state index contributed by atoms with van der Waals surface area (Å²) in [6.45, 7) is 2.04. The lowest BCUT2D eigenvalue weighted by molar-refractivity contribution is -0.117. The summed E-state index contributed by atoms with van der Waals surface area (Å²) in [6.07, 6.45) is 16.0. The van der Waals surface area contributed by atoms with Crippen molar-refractivity contribution in [1.82, 2.24) is 0 Å². The summed E-state index contributed by atoms with van der Waals surface area (Å²) in [6, 6.07) is 8.03. The van der Waals surface area contributed by atoms with Gasteiger partial charge < -0.3 is 5.32 Å². The van der Waals surface area contributed by atoms with Crippen LogP contribution in [0.2, 0.25) is 0 Å². The number of para-hydroxylation sites is 1. The van der Waals surface area contributed by atoms with E-state index in [2.05, 4.69) is 29.6 Å². The van der Waals surface area contributed by atoms with Crippen LogP contribution in [0.15, 0.2) is 48.6 Å². The molecule has 1 saturated carbocycles. The predicted octanol–water partition coefficient (Wildman–Crippen LogP) is 5.26. The molecule has 0 spiro atoms. The molecule has 0 saturated heterocycles. The molecular formula is C21H27NO. The molecule has 2 aliphatic carbocycles. The van der Waals surface area contributed by atoms with Crippen LogP contribution in [0, 0.1) is 24.7 Å². The molecule has 122 valence electrons. The smallest absolute Gasteiger partial charge is 0.228 e. The van der Waals surface area contributed by atoms with E-state index in [0.29, 0.717) is 11.8 Å². The van der Waals surface area contributed by atoms with Crippen molar-refractivity contribution in [1.29, 1.82) is 0 Å². The van der Waals surface area contributed by atoms with Gasteiger partial charge in [-0.1, -0.05) is 42.5 Å². The summed E-state index contributed by atoms with van der Waals surface area (Å²) < 4.78 is 0. The van der Waals surface area contributed by atoms with Crippen molar-refractivity contribution >= 4 is 11.6 Å². The van der Waals surface area contributed by atoms with E-state index in [-0.39, 0.29) is 11.8 Å². The van der Waals surface area contributed by atoms with E-state index in [4.69, 9.17) is 0 Å². The maximum Gasteiger partial charge on any atom is 0.228 e. The Labute approximate surface area is 139 Å². The highest BCUT2D eigenvalue weighted by Crippen LogP contribution is 2.52. The molecule has 0 bridgehead atoms. The topological polar surface area (TPSA) is 29.1 Å². The Morgan fingerprint density at radius 1 is 0.913 bits per heavy atom. The predicted molar refractivity (Wildman–Crippen MR) is 96.3 cm³/mol. The maximum atomic E-state index is 12.7. The van der Waals surface area contributed by atoms with E-state index in [1.807, 2.05) is 31.2 Å². The second kappa shape index (κ2) is 7.63. The lowest BCUT2D eigenvalue weighted by atomic mass is 10.1. The van der Waals surface area contributed by atoms with Gasteiger partial charge in [-0.15, -0.1) is 0 Å². The Morgan fingerprint density at radius 2 is 1.48 bits per heavy atom. The van der Waals surface area contributed by atoms with E-state index in [1.54, 1.807) is 0 Å². The average Bonchev–Trinajstić information content (AvgIpc) is 3.22. The number of carbonyl (C=O) groups excluding carboxylic acids is 1. The van der Waals surface area contributed by atoms with E-state index in [0.717, 1.165) is 49.8 Å². The van der Waals surface area contributed by atoms with Gasteiger partial charge in [-0.05, 0) is 68.9 Å². The van der Waals surface area contributed by atoms with Gasteiger partial charge >= 0.3 is 0 Å². The summed E-state index contributed by atoms with van der Waals surface area (Å²) in [4.78, 5) is 12.7. The minimum absolute atomic E-state index is 0.206. The third kappa shape index (κ3) is 4.13. The minimum atomic E-state index is 0.206. The van der Waals surface area contributed by atoms with Crippen molar-refractivity contribution in [3.05, 3.63) is 54.1 Å². The quantitative estimate of drug-likeness (QED) is 0.742. The van der Waals surface area contributed by atoms with Gasteiger partial charge in [0.05, 0.1) is 0 Å². The van der Waals surface area contributed by atoms with E-state index in [1.165, 1.54) is 0 Å². The highest BCUT2D eigenvalue weighted by molar-refractivity contribution is 5.95. The molecule has 23 heavy (non-hydrogen) atoms. The summed E-state index contributed by atoms with van der Waals surface area (Å²) in [5.74, 6) is 1.56. The van der Waals surface area contributed by atoms with Crippen LogP contribution in [0.1, 0.15) is 44.1 Å². The van der Waals surface area contributed by atoms with E-state index < -0.39 is 0 Å². The van der Waals surface area contributed by atoms with Crippen LogP contribution in [0.3, 0.4) is 0 Å². The van der Waals surface area contributed by atoms with E-state index in [9.17, 15) is 4.79 Å². The Balaban J connectivity index is 1.63. The molecule has 1 aromatic carbocycles. The second-order valence-electron chi connectivity index (χ2n) is 6.83. The van der Waals surface area contributed by atoms with Gasteiger partial charge in [0.15, 0.2) is 0 Å². The molecule has 2 heteroatoms. The van der Waals surface area contributed by atoms with Gasteiger partial charge in [0, 0.05) is 11.6 Å². The molecule has 1 fully saturated rings. The molecule has 3 atom stereocenters. The number of hydrogen-bond acceptors (Lipinski definition) is 1. The highest BCUT2D eigenvalue weighted by atomic mass is 16.2. The third-order valence-electron chi connectivity index (χ3n) is 5.20. The fraction of sp³-hybridized carbons (Fsp3) is 0.476. The largest absolute Gasteiger partial charge is 0.326 e. The first-order valence-electron chi connectivity index (χ1n) is 8.94. The first-order chi connectivity index (χ1) is 11.3. The van der Waals surface area contributed by atoms with Crippen molar-refractivity contribution in [2.24, 2.45) is 17.8 Å². The minimum Gasteiger partial charge on any atom is -0.326 e. The zero-order chi connectivity index (χ0) is 16.1. The average molecular weight is 309 g/mol. The molecule has 0 aliphatic heterocycles. The monoisotopic (exact) mass is 309 g/mol. The van der Waals surface area contributed by atoms with Crippen LogP contribution >= 0.6 is 0 Å². The number of allylic oxidation sites excluding steroid dienone is 4. The number of anilines is 1. The number of aryl methyl sites for hydroxylation is 1. The van der Waals surface area contributed by atoms with Crippen molar-refractivity contribution in [2.45, 2.75) is 45.4 Å². The fourth-order valence-corrected chi connectivity index (χ4v) is 3.79. The Kier molecular flexibility index (Phi) is 5.32. The molecule has 1 unspecified atom stereocenters.